The van der Waals surface area contributed by atoms with E-state index in [4.69, 9.17) is 9.84 Å². The van der Waals surface area contributed by atoms with Gasteiger partial charge in [0.25, 0.3) is 10.0 Å². The molecule has 0 bridgehead atoms. The number of aliphatic hydroxyl groups excluding tert-OH is 1. The first kappa shape index (κ1) is 26.4. The summed E-state index contributed by atoms with van der Waals surface area (Å²) in [4.78, 5) is 14.0. The lowest BCUT2D eigenvalue weighted by Gasteiger charge is -2.34. The van der Waals surface area contributed by atoms with E-state index in [0.29, 0.717) is 9.18 Å². The minimum absolute atomic E-state index is 0.00436. The van der Waals surface area contributed by atoms with Gasteiger partial charge in [0.2, 0.25) is 5.82 Å². The van der Waals surface area contributed by atoms with Crippen molar-refractivity contribution in [1.82, 2.24) is 24.5 Å². The van der Waals surface area contributed by atoms with Crippen LogP contribution in [0.2, 0.25) is 0 Å². The number of hydrogen-bond acceptors (Lipinski definition) is 9. The van der Waals surface area contributed by atoms with Crippen LogP contribution in [0, 0.1) is 0 Å². The number of thiophene rings is 1. The zero-order valence-electron chi connectivity index (χ0n) is 21.9. The maximum atomic E-state index is 13.3. The second kappa shape index (κ2) is 9.98. The van der Waals surface area contributed by atoms with E-state index in [9.17, 15) is 18.3 Å². The summed E-state index contributed by atoms with van der Waals surface area (Å²) in [5.74, 6) is -1.32. The molecule has 0 spiro atoms. The van der Waals surface area contributed by atoms with Crippen molar-refractivity contribution in [2.45, 2.75) is 10.4 Å². The Morgan fingerprint density at radius 1 is 0.902 bits per heavy atom. The molecule has 5 aromatic rings. The van der Waals surface area contributed by atoms with Gasteiger partial charge in [0, 0.05) is 7.05 Å². The van der Waals surface area contributed by atoms with Gasteiger partial charge in [-0.2, -0.15) is 0 Å². The van der Waals surface area contributed by atoms with E-state index in [-0.39, 0.29) is 15.6 Å². The molecule has 0 saturated carbocycles. The summed E-state index contributed by atoms with van der Waals surface area (Å²) < 4.78 is 31.9. The number of likely N-dealkylation sites (N-methyl/N-ethyl adjacent to an activating group) is 1. The number of carbonyl (C=O) groups is 1. The highest BCUT2D eigenvalue weighted by molar-refractivity contribution is 7.89. The molecule has 0 amide bonds. The molecule has 0 unspecified atom stereocenters. The number of sulfonamides is 1. The van der Waals surface area contributed by atoms with Gasteiger partial charge in [-0.3, -0.25) is 4.31 Å². The number of esters is 1. The number of hydrogen-bond donors (Lipinski definition) is 1. The van der Waals surface area contributed by atoms with Gasteiger partial charge in [-0.15, -0.1) is 26.3 Å². The van der Waals surface area contributed by atoms with E-state index in [1.54, 1.807) is 0 Å². The highest BCUT2D eigenvalue weighted by atomic mass is 32.2. The molecule has 1 aliphatic rings. The topological polar surface area (TPSA) is 128 Å². The number of ether oxygens (including phenoxy) is 1. The first-order chi connectivity index (χ1) is 19.8. The number of aromatic nitrogens is 4. The van der Waals surface area contributed by atoms with Crippen LogP contribution < -0.4 is 0 Å². The molecule has 0 radical (unpaired) electrons. The molecule has 206 valence electrons. The molecule has 0 fully saturated rings. The van der Waals surface area contributed by atoms with Crippen molar-refractivity contribution in [3.05, 3.63) is 124 Å². The van der Waals surface area contributed by atoms with Gasteiger partial charge in [-0.05, 0) is 28.0 Å². The van der Waals surface area contributed by atoms with Crippen LogP contribution in [0.5, 0.6) is 0 Å². The molecular formula is C29H23N5O5S2. The van der Waals surface area contributed by atoms with Crippen molar-refractivity contribution in [2.24, 2.45) is 0 Å². The Morgan fingerprint density at radius 3 is 1.90 bits per heavy atom. The lowest BCUT2D eigenvalue weighted by Crippen LogP contribution is -2.39. The average Bonchev–Trinajstić information content (AvgIpc) is 3.68. The second-order valence-electron chi connectivity index (χ2n) is 9.18. The lowest BCUT2D eigenvalue weighted by molar-refractivity contribution is -0.137. The van der Waals surface area contributed by atoms with Crippen molar-refractivity contribution in [3.8, 4) is 10.7 Å². The van der Waals surface area contributed by atoms with Gasteiger partial charge in [-0.1, -0.05) is 91.0 Å². The van der Waals surface area contributed by atoms with Crippen molar-refractivity contribution < 1.29 is 23.1 Å². The van der Waals surface area contributed by atoms with Gasteiger partial charge in [0.1, 0.15) is 4.90 Å². The molecule has 1 aliphatic heterocycles. The van der Waals surface area contributed by atoms with Crippen LogP contribution in [0.15, 0.2) is 108 Å². The molecule has 12 heteroatoms. The summed E-state index contributed by atoms with van der Waals surface area (Å²) in [6.45, 7) is 0. The van der Waals surface area contributed by atoms with Crippen LogP contribution >= 0.6 is 11.3 Å². The third-order valence-corrected chi connectivity index (χ3v) is 10.0. The van der Waals surface area contributed by atoms with Crippen LogP contribution in [0.4, 0.5) is 0 Å². The highest BCUT2D eigenvalue weighted by Gasteiger charge is 2.43. The number of aliphatic hydroxyl groups is 1. The summed E-state index contributed by atoms with van der Waals surface area (Å²) in [6, 6.07) is 30.8. The molecular weight excluding hydrogens is 562 g/mol. The Bertz CT molecular complexity index is 1790. The van der Waals surface area contributed by atoms with Crippen LogP contribution in [0.25, 0.3) is 16.5 Å². The van der Waals surface area contributed by atoms with Gasteiger partial charge in [0.15, 0.2) is 17.0 Å². The van der Waals surface area contributed by atoms with Crippen molar-refractivity contribution in [2.75, 3.05) is 14.2 Å². The Morgan fingerprint density at radius 2 is 1.41 bits per heavy atom. The molecule has 41 heavy (non-hydrogen) atoms. The minimum atomic E-state index is -4.15. The number of carbonyl (C=O) groups excluding carboxylic acids is 1. The number of rotatable bonds is 6. The Hall–Kier alpha value is -4.81. The molecule has 0 saturated heterocycles. The fraction of sp³-hybridized carbons (Fsp3) is 0.103. The maximum absolute atomic E-state index is 13.3. The maximum Gasteiger partial charge on any atom is 0.359 e. The third kappa shape index (κ3) is 4.02. The molecule has 2 aromatic heterocycles. The molecule has 0 atom stereocenters. The molecule has 0 aliphatic carbocycles. The van der Waals surface area contributed by atoms with Crippen LogP contribution in [0.1, 0.15) is 21.6 Å². The van der Waals surface area contributed by atoms with Gasteiger partial charge >= 0.3 is 5.97 Å². The predicted molar refractivity (Wildman–Crippen MR) is 152 cm³/mol. The zero-order chi connectivity index (χ0) is 28.8. The van der Waals surface area contributed by atoms with Gasteiger partial charge in [-0.25, -0.2) is 13.2 Å². The predicted octanol–water partition coefficient (Wildman–Crippen LogP) is 4.28. The zero-order valence-corrected chi connectivity index (χ0v) is 23.5. The first-order valence-corrected chi connectivity index (χ1v) is 14.7. The average molecular weight is 586 g/mol. The Kier molecular flexibility index (Phi) is 6.43. The lowest BCUT2D eigenvalue weighted by atomic mass is 9.77. The highest BCUT2D eigenvalue weighted by Crippen LogP contribution is 2.44. The van der Waals surface area contributed by atoms with Crippen molar-refractivity contribution in [1.29, 1.82) is 0 Å². The number of tetrazole rings is 1. The van der Waals surface area contributed by atoms with E-state index in [0.717, 1.165) is 35.1 Å². The summed E-state index contributed by atoms with van der Waals surface area (Å²) in [6.07, 6.45) is 0. The molecule has 3 heterocycles. The van der Waals surface area contributed by atoms with Crippen molar-refractivity contribution in [3.63, 3.8) is 0 Å². The number of nitrogens with zero attached hydrogens (tertiary/aromatic N) is 5. The quantitative estimate of drug-likeness (QED) is 0.231. The SMILES string of the molecule is COC(=O)C1=C(O)c2sc(-c3nnn(C(c4ccccc4)(c4ccccc4)c4ccccc4)n3)cc2S(=O)(=O)N1C. The minimum Gasteiger partial charge on any atom is -0.504 e. The Balaban J connectivity index is 1.57. The normalized spacial score (nSPS) is 14.5. The summed E-state index contributed by atoms with van der Waals surface area (Å²) >= 11 is 0.944. The van der Waals surface area contributed by atoms with Crippen LogP contribution in [-0.2, 0) is 25.1 Å². The number of fused-ring (bicyclic) bond motifs is 1. The third-order valence-electron chi connectivity index (χ3n) is 6.98. The van der Waals surface area contributed by atoms with E-state index in [1.165, 1.54) is 17.9 Å². The standard InChI is InChI=1S/C29H23N5O5S2/c1-33-24(28(36)39-2)25(35)26-23(41(33,37)38)18-22(40-26)27-30-32-34(31-27)29(19-12-6-3-7-13-19,20-14-8-4-9-15-20)21-16-10-5-11-17-21/h3-18,35H,1-2H3. The Labute approximate surface area is 239 Å². The number of methoxy groups -OCH3 is 1. The van der Waals surface area contributed by atoms with E-state index in [1.807, 2.05) is 91.0 Å². The molecule has 6 rings (SSSR count). The molecule has 10 nitrogen and oxygen atoms in total. The van der Waals surface area contributed by atoms with Gasteiger partial charge < -0.3 is 9.84 Å². The van der Waals surface area contributed by atoms with E-state index < -0.39 is 33.0 Å². The van der Waals surface area contributed by atoms with Crippen LogP contribution in [0.3, 0.4) is 0 Å². The van der Waals surface area contributed by atoms with Gasteiger partial charge in [0.05, 0.1) is 16.9 Å². The number of benzene rings is 3. The summed E-state index contributed by atoms with van der Waals surface area (Å²) in [5, 5.41) is 24.5. The summed E-state index contributed by atoms with van der Waals surface area (Å²) in [7, 11) is -1.86. The van der Waals surface area contributed by atoms with Crippen LogP contribution in [-0.4, -0.2) is 58.2 Å². The molecule has 1 N–H and O–H groups in total. The van der Waals surface area contributed by atoms with E-state index >= 15 is 0 Å². The fourth-order valence-corrected chi connectivity index (χ4v) is 7.76. The van der Waals surface area contributed by atoms with Crippen molar-refractivity contribution >= 4 is 33.1 Å². The summed E-state index contributed by atoms with van der Waals surface area (Å²) in [5.41, 5.74) is 1.18. The fourth-order valence-electron chi connectivity index (χ4n) is 5.03. The smallest absolute Gasteiger partial charge is 0.359 e. The largest absolute Gasteiger partial charge is 0.504 e. The second-order valence-corrected chi connectivity index (χ2v) is 12.2. The first-order valence-electron chi connectivity index (χ1n) is 12.4. The van der Waals surface area contributed by atoms with E-state index in [2.05, 4.69) is 10.3 Å². The molecule has 3 aromatic carbocycles. The monoisotopic (exact) mass is 585 g/mol.